The SMILES string of the molecule is C=CCC(C)C(C)NCC(C)(O)C(C)CC. The van der Waals surface area contributed by atoms with Crippen molar-refractivity contribution >= 4 is 0 Å². The predicted octanol–water partition coefficient (Wildman–Crippen LogP) is 2.97. The Morgan fingerprint density at radius 2 is 1.94 bits per heavy atom. The fourth-order valence-corrected chi connectivity index (χ4v) is 1.65. The van der Waals surface area contributed by atoms with Crippen LogP contribution in [0.4, 0.5) is 0 Å². The molecule has 2 heteroatoms. The molecule has 0 amide bonds. The molecule has 0 bridgehead atoms. The second-order valence-corrected chi connectivity index (χ2v) is 5.34. The molecule has 0 aromatic rings. The molecule has 0 saturated heterocycles. The van der Waals surface area contributed by atoms with Crippen LogP contribution in [0.5, 0.6) is 0 Å². The summed E-state index contributed by atoms with van der Waals surface area (Å²) in [7, 11) is 0. The Morgan fingerprint density at radius 1 is 1.38 bits per heavy atom. The molecule has 2 N–H and O–H groups in total. The molecule has 2 nitrogen and oxygen atoms in total. The van der Waals surface area contributed by atoms with E-state index in [0.29, 0.717) is 24.4 Å². The minimum absolute atomic E-state index is 0.321. The molecule has 4 atom stereocenters. The lowest BCUT2D eigenvalue weighted by Crippen LogP contribution is -2.47. The minimum Gasteiger partial charge on any atom is -0.389 e. The van der Waals surface area contributed by atoms with E-state index in [9.17, 15) is 5.11 Å². The zero-order valence-corrected chi connectivity index (χ0v) is 11.6. The Kier molecular flexibility index (Phi) is 6.93. The first-order valence-corrected chi connectivity index (χ1v) is 6.41. The number of hydrogen-bond acceptors (Lipinski definition) is 2. The van der Waals surface area contributed by atoms with Crippen molar-refractivity contribution in [3.8, 4) is 0 Å². The number of hydrogen-bond donors (Lipinski definition) is 2. The minimum atomic E-state index is -0.614. The van der Waals surface area contributed by atoms with Crippen LogP contribution < -0.4 is 5.32 Å². The third kappa shape index (κ3) is 5.13. The molecule has 0 fully saturated rings. The van der Waals surface area contributed by atoms with Gasteiger partial charge in [-0.15, -0.1) is 6.58 Å². The van der Waals surface area contributed by atoms with Crippen molar-refractivity contribution in [3.63, 3.8) is 0 Å². The summed E-state index contributed by atoms with van der Waals surface area (Å²) in [6, 6.07) is 0.411. The van der Waals surface area contributed by atoms with Crippen LogP contribution in [0.2, 0.25) is 0 Å². The van der Waals surface area contributed by atoms with Gasteiger partial charge in [0.25, 0.3) is 0 Å². The maximum Gasteiger partial charge on any atom is 0.0768 e. The normalized spacial score (nSPS) is 20.9. The second kappa shape index (κ2) is 7.08. The van der Waals surface area contributed by atoms with Crippen LogP contribution >= 0.6 is 0 Å². The highest BCUT2D eigenvalue weighted by atomic mass is 16.3. The van der Waals surface area contributed by atoms with E-state index < -0.39 is 5.60 Å². The van der Waals surface area contributed by atoms with Crippen molar-refractivity contribution in [3.05, 3.63) is 12.7 Å². The van der Waals surface area contributed by atoms with Gasteiger partial charge < -0.3 is 10.4 Å². The van der Waals surface area contributed by atoms with Crippen molar-refractivity contribution in [1.29, 1.82) is 0 Å². The molecule has 0 aromatic carbocycles. The lowest BCUT2D eigenvalue weighted by molar-refractivity contribution is 0.00244. The van der Waals surface area contributed by atoms with Gasteiger partial charge in [0.15, 0.2) is 0 Å². The van der Waals surface area contributed by atoms with Gasteiger partial charge in [-0.2, -0.15) is 0 Å². The lowest BCUT2D eigenvalue weighted by Gasteiger charge is -2.32. The summed E-state index contributed by atoms with van der Waals surface area (Å²) in [5.74, 6) is 0.882. The highest BCUT2D eigenvalue weighted by Crippen LogP contribution is 2.19. The van der Waals surface area contributed by atoms with Crippen LogP contribution in [0.3, 0.4) is 0 Å². The third-order valence-corrected chi connectivity index (χ3v) is 3.85. The van der Waals surface area contributed by atoms with Crippen LogP contribution in [0, 0.1) is 11.8 Å². The maximum absolute atomic E-state index is 10.3. The van der Waals surface area contributed by atoms with Gasteiger partial charge in [0.2, 0.25) is 0 Å². The Bertz CT molecular complexity index is 201. The standard InChI is InChI=1S/C14H29NO/c1-7-9-11(3)13(5)15-10-14(6,16)12(4)8-2/h7,11-13,15-16H,1,8-10H2,2-6H3. The zero-order chi connectivity index (χ0) is 12.8. The van der Waals surface area contributed by atoms with Gasteiger partial charge >= 0.3 is 0 Å². The fraction of sp³-hybridized carbons (Fsp3) is 0.857. The van der Waals surface area contributed by atoms with Crippen molar-refractivity contribution in [2.75, 3.05) is 6.54 Å². The van der Waals surface area contributed by atoms with Crippen LogP contribution in [-0.4, -0.2) is 23.3 Å². The highest BCUT2D eigenvalue weighted by Gasteiger charge is 2.27. The smallest absolute Gasteiger partial charge is 0.0768 e. The van der Waals surface area contributed by atoms with Gasteiger partial charge in [0.1, 0.15) is 0 Å². The largest absolute Gasteiger partial charge is 0.389 e. The molecule has 0 aliphatic carbocycles. The molecule has 0 aliphatic rings. The summed E-state index contributed by atoms with van der Waals surface area (Å²) in [5.41, 5.74) is -0.614. The number of aliphatic hydroxyl groups is 1. The van der Waals surface area contributed by atoms with Gasteiger partial charge in [-0.25, -0.2) is 0 Å². The maximum atomic E-state index is 10.3. The molecule has 96 valence electrons. The summed E-state index contributed by atoms with van der Waals surface area (Å²) in [4.78, 5) is 0. The van der Waals surface area contributed by atoms with E-state index in [2.05, 4.69) is 39.6 Å². The molecular weight excluding hydrogens is 198 g/mol. The molecule has 0 radical (unpaired) electrons. The first kappa shape index (κ1) is 15.7. The van der Waals surface area contributed by atoms with Gasteiger partial charge in [-0.1, -0.05) is 33.3 Å². The van der Waals surface area contributed by atoms with Crippen molar-refractivity contribution in [2.45, 2.75) is 59.1 Å². The summed E-state index contributed by atoms with van der Waals surface area (Å²) >= 11 is 0. The van der Waals surface area contributed by atoms with E-state index in [1.807, 2.05) is 13.0 Å². The molecule has 0 rings (SSSR count). The third-order valence-electron chi connectivity index (χ3n) is 3.85. The zero-order valence-electron chi connectivity index (χ0n) is 11.6. The van der Waals surface area contributed by atoms with Gasteiger partial charge in [0, 0.05) is 12.6 Å². The number of rotatable bonds is 8. The highest BCUT2D eigenvalue weighted by molar-refractivity contribution is 4.84. The molecule has 0 aromatic heterocycles. The molecule has 0 saturated carbocycles. The average molecular weight is 227 g/mol. The summed E-state index contributed by atoms with van der Waals surface area (Å²) in [6.45, 7) is 14.9. The summed E-state index contributed by atoms with van der Waals surface area (Å²) in [6.07, 6.45) is 3.97. The van der Waals surface area contributed by atoms with Crippen LogP contribution in [-0.2, 0) is 0 Å². The van der Waals surface area contributed by atoms with E-state index in [1.54, 1.807) is 0 Å². The van der Waals surface area contributed by atoms with Gasteiger partial charge in [0.05, 0.1) is 5.60 Å². The molecule has 0 heterocycles. The molecule has 16 heavy (non-hydrogen) atoms. The topological polar surface area (TPSA) is 32.3 Å². The van der Waals surface area contributed by atoms with Crippen molar-refractivity contribution < 1.29 is 5.11 Å². The van der Waals surface area contributed by atoms with Crippen molar-refractivity contribution in [1.82, 2.24) is 5.32 Å². The summed E-state index contributed by atoms with van der Waals surface area (Å²) in [5, 5.41) is 13.7. The monoisotopic (exact) mass is 227 g/mol. The number of allylic oxidation sites excluding steroid dienone is 1. The van der Waals surface area contributed by atoms with Crippen LogP contribution in [0.25, 0.3) is 0 Å². The second-order valence-electron chi connectivity index (χ2n) is 5.34. The van der Waals surface area contributed by atoms with Gasteiger partial charge in [-0.3, -0.25) is 0 Å². The average Bonchev–Trinajstić information content (AvgIpc) is 2.25. The van der Waals surface area contributed by atoms with E-state index in [1.165, 1.54) is 0 Å². The Hall–Kier alpha value is -0.340. The van der Waals surface area contributed by atoms with E-state index in [0.717, 1.165) is 12.8 Å². The summed E-state index contributed by atoms with van der Waals surface area (Å²) < 4.78 is 0. The lowest BCUT2D eigenvalue weighted by atomic mass is 9.88. The molecule has 4 unspecified atom stereocenters. The molecule has 0 aliphatic heterocycles. The fourth-order valence-electron chi connectivity index (χ4n) is 1.65. The van der Waals surface area contributed by atoms with Gasteiger partial charge in [-0.05, 0) is 32.1 Å². The number of nitrogens with one attached hydrogen (secondary N) is 1. The molecule has 0 spiro atoms. The van der Waals surface area contributed by atoms with E-state index in [-0.39, 0.29) is 0 Å². The molecular formula is C14H29NO. The Balaban J connectivity index is 4.07. The van der Waals surface area contributed by atoms with Crippen LogP contribution in [0.1, 0.15) is 47.5 Å². The predicted molar refractivity (Wildman–Crippen MR) is 71.5 cm³/mol. The van der Waals surface area contributed by atoms with E-state index in [4.69, 9.17) is 0 Å². The quantitative estimate of drug-likeness (QED) is 0.625. The van der Waals surface area contributed by atoms with E-state index >= 15 is 0 Å². The Labute approximate surface area is 101 Å². The van der Waals surface area contributed by atoms with Crippen molar-refractivity contribution in [2.24, 2.45) is 11.8 Å². The Morgan fingerprint density at radius 3 is 2.38 bits per heavy atom. The first-order valence-electron chi connectivity index (χ1n) is 6.41. The van der Waals surface area contributed by atoms with Crippen LogP contribution in [0.15, 0.2) is 12.7 Å². The first-order chi connectivity index (χ1) is 7.35.